The number of H-pyrrole nitrogens is 1. The van der Waals surface area contributed by atoms with E-state index in [2.05, 4.69) is 21.0 Å². The standard InChI is InChI=1S/C24H21N5OS/c25-23-19-15-21(28-20(19)8-12-27-23)16-9-13-29(14-10-16)24(30)22-7-6-18(31-22)5-4-17-3-1-2-11-26-17/h1-9,11-12,15,28H,10,13-14H2,(H2,25,27)/b5-4+. The van der Waals surface area contributed by atoms with Gasteiger partial charge in [-0.15, -0.1) is 11.3 Å². The summed E-state index contributed by atoms with van der Waals surface area (Å²) < 4.78 is 0. The van der Waals surface area contributed by atoms with Crippen molar-refractivity contribution in [2.24, 2.45) is 0 Å². The quantitative estimate of drug-likeness (QED) is 0.494. The van der Waals surface area contributed by atoms with Crippen LogP contribution in [0.2, 0.25) is 0 Å². The van der Waals surface area contributed by atoms with Gasteiger partial charge in [0.1, 0.15) is 5.82 Å². The zero-order valence-electron chi connectivity index (χ0n) is 16.8. The molecule has 0 atom stereocenters. The van der Waals surface area contributed by atoms with Crippen LogP contribution in [0.15, 0.2) is 60.9 Å². The highest BCUT2D eigenvalue weighted by Crippen LogP contribution is 2.28. The molecule has 0 aromatic carbocycles. The molecule has 154 valence electrons. The molecule has 5 heterocycles. The lowest BCUT2D eigenvalue weighted by molar-refractivity contribution is 0.0777. The lowest BCUT2D eigenvalue weighted by Gasteiger charge is -2.25. The number of nitrogens with two attached hydrogens (primary N) is 1. The Morgan fingerprint density at radius 1 is 1.13 bits per heavy atom. The molecular weight excluding hydrogens is 406 g/mol. The van der Waals surface area contributed by atoms with Crippen molar-refractivity contribution in [2.45, 2.75) is 6.42 Å². The number of aromatic nitrogens is 3. The van der Waals surface area contributed by atoms with E-state index >= 15 is 0 Å². The fourth-order valence-corrected chi connectivity index (χ4v) is 4.58. The van der Waals surface area contributed by atoms with E-state index in [4.69, 9.17) is 5.73 Å². The van der Waals surface area contributed by atoms with Gasteiger partial charge in [0.15, 0.2) is 0 Å². The van der Waals surface area contributed by atoms with Crippen LogP contribution < -0.4 is 5.73 Å². The van der Waals surface area contributed by atoms with Gasteiger partial charge in [0.25, 0.3) is 5.91 Å². The zero-order chi connectivity index (χ0) is 21.2. The average molecular weight is 428 g/mol. The highest BCUT2D eigenvalue weighted by molar-refractivity contribution is 7.14. The second kappa shape index (κ2) is 8.20. The zero-order valence-corrected chi connectivity index (χ0v) is 17.6. The summed E-state index contributed by atoms with van der Waals surface area (Å²) in [7, 11) is 0. The maximum atomic E-state index is 13.0. The molecule has 31 heavy (non-hydrogen) atoms. The molecule has 0 unspecified atom stereocenters. The fraction of sp³-hybridized carbons (Fsp3) is 0.125. The topological polar surface area (TPSA) is 87.9 Å². The first-order valence-electron chi connectivity index (χ1n) is 10.1. The predicted octanol–water partition coefficient (Wildman–Crippen LogP) is 4.70. The van der Waals surface area contributed by atoms with Crippen molar-refractivity contribution < 1.29 is 4.79 Å². The van der Waals surface area contributed by atoms with Crippen molar-refractivity contribution in [1.29, 1.82) is 0 Å². The van der Waals surface area contributed by atoms with E-state index < -0.39 is 0 Å². The average Bonchev–Trinajstić information content (AvgIpc) is 3.46. The molecule has 5 rings (SSSR count). The third-order valence-electron chi connectivity index (χ3n) is 5.36. The summed E-state index contributed by atoms with van der Waals surface area (Å²) in [6.45, 7) is 1.28. The maximum Gasteiger partial charge on any atom is 0.264 e. The first kappa shape index (κ1) is 19.3. The number of fused-ring (bicyclic) bond motifs is 1. The van der Waals surface area contributed by atoms with Crippen molar-refractivity contribution in [2.75, 3.05) is 18.8 Å². The van der Waals surface area contributed by atoms with Gasteiger partial charge < -0.3 is 15.6 Å². The Bertz CT molecular complexity index is 1300. The van der Waals surface area contributed by atoms with E-state index in [1.54, 1.807) is 12.4 Å². The number of nitrogen functional groups attached to an aromatic ring is 1. The second-order valence-corrected chi connectivity index (χ2v) is 8.48. The molecular formula is C24H21N5OS. The molecule has 0 spiro atoms. The minimum Gasteiger partial charge on any atom is -0.383 e. The van der Waals surface area contributed by atoms with Gasteiger partial charge in [-0.2, -0.15) is 0 Å². The van der Waals surface area contributed by atoms with Crippen LogP contribution in [0.3, 0.4) is 0 Å². The molecule has 0 aliphatic carbocycles. The molecule has 4 aromatic rings. The Morgan fingerprint density at radius 3 is 2.84 bits per heavy atom. The van der Waals surface area contributed by atoms with Gasteiger partial charge in [-0.3, -0.25) is 9.78 Å². The van der Waals surface area contributed by atoms with Gasteiger partial charge in [0.05, 0.1) is 16.1 Å². The molecule has 0 saturated carbocycles. The third-order valence-corrected chi connectivity index (χ3v) is 6.40. The number of carbonyl (C=O) groups is 1. The van der Waals surface area contributed by atoms with Crippen LogP contribution in [0, 0.1) is 0 Å². The van der Waals surface area contributed by atoms with E-state index in [9.17, 15) is 4.79 Å². The Labute approximate surface area is 183 Å². The van der Waals surface area contributed by atoms with Crippen LogP contribution in [-0.4, -0.2) is 38.8 Å². The molecule has 7 heteroatoms. The van der Waals surface area contributed by atoms with Gasteiger partial charge >= 0.3 is 0 Å². The number of pyridine rings is 2. The van der Waals surface area contributed by atoms with E-state index in [0.717, 1.165) is 38.5 Å². The maximum absolute atomic E-state index is 13.0. The lowest BCUT2D eigenvalue weighted by atomic mass is 10.0. The number of thiophene rings is 1. The van der Waals surface area contributed by atoms with Crippen molar-refractivity contribution in [3.8, 4) is 0 Å². The molecule has 0 bridgehead atoms. The Kier molecular flexibility index (Phi) is 5.09. The number of amides is 1. The molecule has 1 aliphatic heterocycles. The summed E-state index contributed by atoms with van der Waals surface area (Å²) in [5.74, 6) is 0.599. The number of hydrogen-bond acceptors (Lipinski definition) is 5. The lowest BCUT2D eigenvalue weighted by Crippen LogP contribution is -2.34. The Morgan fingerprint density at radius 2 is 2.06 bits per heavy atom. The Balaban J connectivity index is 1.27. The molecule has 0 radical (unpaired) electrons. The molecule has 0 fully saturated rings. The number of nitrogens with zero attached hydrogens (tertiary/aromatic N) is 3. The van der Waals surface area contributed by atoms with Crippen molar-refractivity contribution in [3.05, 3.63) is 82.1 Å². The smallest absolute Gasteiger partial charge is 0.264 e. The summed E-state index contributed by atoms with van der Waals surface area (Å²) in [6, 6.07) is 13.6. The molecule has 3 N–H and O–H groups in total. The van der Waals surface area contributed by atoms with E-state index in [-0.39, 0.29) is 5.91 Å². The summed E-state index contributed by atoms with van der Waals surface area (Å²) in [6.07, 6.45) is 10.3. The first-order chi connectivity index (χ1) is 15.2. The Hall–Kier alpha value is -3.71. The third kappa shape index (κ3) is 4.00. The number of anilines is 1. The molecule has 1 aliphatic rings. The van der Waals surface area contributed by atoms with Gasteiger partial charge in [-0.25, -0.2) is 4.98 Å². The first-order valence-corrected chi connectivity index (χ1v) is 10.9. The molecule has 6 nitrogen and oxygen atoms in total. The van der Waals surface area contributed by atoms with Crippen molar-refractivity contribution in [1.82, 2.24) is 19.9 Å². The minimum atomic E-state index is 0.0721. The van der Waals surface area contributed by atoms with Gasteiger partial charge in [0.2, 0.25) is 0 Å². The van der Waals surface area contributed by atoms with E-state index in [1.807, 2.05) is 59.5 Å². The summed E-state index contributed by atoms with van der Waals surface area (Å²) in [5, 5.41) is 0.932. The van der Waals surface area contributed by atoms with E-state index in [1.165, 1.54) is 16.9 Å². The number of aromatic amines is 1. The van der Waals surface area contributed by atoms with Crippen LogP contribution in [-0.2, 0) is 0 Å². The van der Waals surface area contributed by atoms with Gasteiger partial charge in [0, 0.05) is 41.4 Å². The van der Waals surface area contributed by atoms with Gasteiger partial charge in [-0.1, -0.05) is 12.1 Å². The molecule has 1 amide bonds. The SMILES string of the molecule is Nc1nccc2[nH]c(C3=CCN(C(=O)c4ccc(/C=C/c5ccccn5)s4)CC3)cc12. The fourth-order valence-electron chi connectivity index (χ4n) is 3.70. The molecule has 4 aromatic heterocycles. The van der Waals surface area contributed by atoms with Crippen molar-refractivity contribution >= 4 is 51.7 Å². The van der Waals surface area contributed by atoms with E-state index in [0.29, 0.717) is 18.9 Å². The highest BCUT2D eigenvalue weighted by Gasteiger charge is 2.21. The number of carbonyl (C=O) groups excluding carboxylic acids is 1. The highest BCUT2D eigenvalue weighted by atomic mass is 32.1. The van der Waals surface area contributed by atoms with Crippen LogP contribution in [0.4, 0.5) is 5.82 Å². The monoisotopic (exact) mass is 427 g/mol. The number of rotatable bonds is 4. The van der Waals surface area contributed by atoms with Crippen LogP contribution in [0.1, 0.15) is 32.4 Å². The van der Waals surface area contributed by atoms with Crippen molar-refractivity contribution in [3.63, 3.8) is 0 Å². The second-order valence-electron chi connectivity index (χ2n) is 7.36. The minimum absolute atomic E-state index is 0.0721. The normalized spacial score (nSPS) is 14.3. The number of nitrogens with one attached hydrogen (secondary N) is 1. The summed E-state index contributed by atoms with van der Waals surface area (Å²) >= 11 is 1.50. The summed E-state index contributed by atoms with van der Waals surface area (Å²) in [5.41, 5.74) is 10.1. The van der Waals surface area contributed by atoms with Crippen LogP contribution in [0.25, 0.3) is 28.6 Å². The van der Waals surface area contributed by atoms with Crippen LogP contribution in [0.5, 0.6) is 0 Å². The van der Waals surface area contributed by atoms with Crippen LogP contribution >= 0.6 is 11.3 Å². The van der Waals surface area contributed by atoms with Gasteiger partial charge in [-0.05, 0) is 60.5 Å². The predicted molar refractivity (Wildman–Crippen MR) is 126 cm³/mol. The molecule has 0 saturated heterocycles. The number of hydrogen-bond donors (Lipinski definition) is 2. The summed E-state index contributed by atoms with van der Waals surface area (Å²) in [4.78, 5) is 28.5. The largest absolute Gasteiger partial charge is 0.383 e.